The van der Waals surface area contributed by atoms with E-state index in [2.05, 4.69) is 10.1 Å². The summed E-state index contributed by atoms with van der Waals surface area (Å²) in [5.41, 5.74) is 0.879. The maximum absolute atomic E-state index is 13.3. The summed E-state index contributed by atoms with van der Waals surface area (Å²) in [6.45, 7) is 3.66. The molecule has 4 nitrogen and oxygen atoms in total. The van der Waals surface area contributed by atoms with E-state index in [1.165, 1.54) is 25.3 Å². The van der Waals surface area contributed by atoms with Gasteiger partial charge in [0, 0.05) is 12.1 Å². The van der Waals surface area contributed by atoms with Crippen LogP contribution in [-0.4, -0.2) is 25.5 Å². The SMILES string of the molecule is CCc1cc(C(=O)NC[C@@H](C)C(=O)OC)ccc1F. The Labute approximate surface area is 112 Å². The highest BCUT2D eigenvalue weighted by Crippen LogP contribution is 2.11. The van der Waals surface area contributed by atoms with Crippen molar-refractivity contribution in [3.05, 3.63) is 35.1 Å². The Kier molecular flexibility index (Phi) is 5.48. The maximum Gasteiger partial charge on any atom is 0.310 e. The van der Waals surface area contributed by atoms with E-state index in [0.29, 0.717) is 17.5 Å². The van der Waals surface area contributed by atoms with Gasteiger partial charge in [-0.2, -0.15) is 0 Å². The quantitative estimate of drug-likeness (QED) is 0.829. The van der Waals surface area contributed by atoms with Gasteiger partial charge in [-0.3, -0.25) is 9.59 Å². The average molecular weight is 267 g/mol. The molecule has 0 radical (unpaired) electrons. The van der Waals surface area contributed by atoms with E-state index < -0.39 is 5.92 Å². The number of rotatable bonds is 5. The zero-order valence-electron chi connectivity index (χ0n) is 11.3. The number of halogens is 1. The number of hydrogen-bond donors (Lipinski definition) is 1. The zero-order valence-corrected chi connectivity index (χ0v) is 11.3. The third-order valence-electron chi connectivity index (χ3n) is 2.86. The number of methoxy groups -OCH3 is 1. The van der Waals surface area contributed by atoms with Crippen LogP contribution in [0, 0.1) is 11.7 Å². The van der Waals surface area contributed by atoms with Gasteiger partial charge < -0.3 is 10.1 Å². The van der Waals surface area contributed by atoms with E-state index in [4.69, 9.17) is 0 Å². The third-order valence-corrected chi connectivity index (χ3v) is 2.86. The number of amides is 1. The normalized spacial score (nSPS) is 11.8. The number of hydrogen-bond acceptors (Lipinski definition) is 3. The smallest absolute Gasteiger partial charge is 0.310 e. The topological polar surface area (TPSA) is 55.4 Å². The molecule has 5 heteroatoms. The van der Waals surface area contributed by atoms with Crippen molar-refractivity contribution in [1.82, 2.24) is 5.32 Å². The summed E-state index contributed by atoms with van der Waals surface area (Å²) >= 11 is 0. The fourth-order valence-electron chi connectivity index (χ4n) is 1.62. The number of ether oxygens (including phenoxy) is 1. The minimum Gasteiger partial charge on any atom is -0.469 e. The van der Waals surface area contributed by atoms with Crippen LogP contribution in [0.5, 0.6) is 0 Å². The van der Waals surface area contributed by atoms with Gasteiger partial charge >= 0.3 is 5.97 Å². The summed E-state index contributed by atoms with van der Waals surface area (Å²) in [6.07, 6.45) is 0.519. The molecule has 0 heterocycles. The molecule has 0 aliphatic rings. The fraction of sp³-hybridized carbons (Fsp3) is 0.429. The van der Waals surface area contributed by atoms with Gasteiger partial charge in [0.1, 0.15) is 5.82 Å². The Hall–Kier alpha value is -1.91. The molecule has 1 atom stereocenters. The van der Waals surface area contributed by atoms with Crippen LogP contribution in [0.4, 0.5) is 4.39 Å². The highest BCUT2D eigenvalue weighted by atomic mass is 19.1. The molecule has 1 N–H and O–H groups in total. The van der Waals surface area contributed by atoms with Crippen molar-refractivity contribution < 1.29 is 18.7 Å². The zero-order chi connectivity index (χ0) is 14.4. The highest BCUT2D eigenvalue weighted by molar-refractivity contribution is 5.94. The molecule has 1 rings (SSSR count). The predicted octanol–water partition coefficient (Wildman–Crippen LogP) is 1.93. The van der Waals surface area contributed by atoms with Crippen molar-refractivity contribution in [1.29, 1.82) is 0 Å². The van der Waals surface area contributed by atoms with Crippen molar-refractivity contribution >= 4 is 11.9 Å². The molecule has 0 bridgehead atoms. The summed E-state index contributed by atoms with van der Waals surface area (Å²) in [7, 11) is 1.30. The lowest BCUT2D eigenvalue weighted by Crippen LogP contribution is -2.32. The molecule has 0 spiro atoms. The minimum absolute atomic E-state index is 0.185. The first-order valence-corrected chi connectivity index (χ1v) is 6.14. The van der Waals surface area contributed by atoms with Crippen molar-refractivity contribution in [2.75, 3.05) is 13.7 Å². The summed E-state index contributed by atoms with van der Waals surface area (Å²) in [5.74, 6) is -1.44. The molecule has 1 amide bonds. The standard InChI is InChI=1S/C14H18FNO3/c1-4-10-7-11(5-6-12(10)15)13(17)16-8-9(2)14(18)19-3/h5-7,9H,4,8H2,1-3H3,(H,16,17)/t9-/m1/s1. The first kappa shape index (κ1) is 15.1. The Morgan fingerprint density at radius 2 is 2.11 bits per heavy atom. The van der Waals surface area contributed by atoms with Crippen LogP contribution in [0.25, 0.3) is 0 Å². The van der Waals surface area contributed by atoms with Crippen LogP contribution >= 0.6 is 0 Å². The molecule has 0 aromatic heterocycles. The van der Waals surface area contributed by atoms with Crippen molar-refractivity contribution in [3.63, 3.8) is 0 Å². The molecule has 0 saturated heterocycles. The van der Waals surface area contributed by atoms with Crippen LogP contribution < -0.4 is 5.32 Å². The van der Waals surface area contributed by atoms with Crippen LogP contribution in [0.1, 0.15) is 29.8 Å². The molecular weight excluding hydrogens is 249 g/mol. The van der Waals surface area contributed by atoms with Gasteiger partial charge in [0.25, 0.3) is 5.91 Å². The molecule has 19 heavy (non-hydrogen) atoms. The average Bonchev–Trinajstić information content (AvgIpc) is 2.43. The Morgan fingerprint density at radius 3 is 2.68 bits per heavy atom. The van der Waals surface area contributed by atoms with E-state index in [1.807, 2.05) is 6.92 Å². The molecule has 104 valence electrons. The van der Waals surface area contributed by atoms with E-state index >= 15 is 0 Å². The highest BCUT2D eigenvalue weighted by Gasteiger charge is 2.15. The lowest BCUT2D eigenvalue weighted by atomic mass is 10.1. The minimum atomic E-state index is -0.417. The van der Waals surface area contributed by atoms with Gasteiger partial charge in [0.15, 0.2) is 0 Å². The predicted molar refractivity (Wildman–Crippen MR) is 69.3 cm³/mol. The van der Waals surface area contributed by atoms with Gasteiger partial charge in [-0.25, -0.2) is 4.39 Å². The summed E-state index contributed by atoms with van der Waals surface area (Å²) < 4.78 is 17.9. The molecule has 0 saturated carbocycles. The largest absolute Gasteiger partial charge is 0.469 e. The Balaban J connectivity index is 2.66. The van der Waals surface area contributed by atoms with Gasteiger partial charge in [-0.05, 0) is 30.2 Å². The van der Waals surface area contributed by atoms with E-state index in [-0.39, 0.29) is 24.2 Å². The van der Waals surface area contributed by atoms with Crippen molar-refractivity contribution in [2.45, 2.75) is 20.3 Å². The number of carbonyl (C=O) groups excluding carboxylic acids is 2. The summed E-state index contributed by atoms with van der Waals surface area (Å²) in [5, 5.41) is 2.62. The lowest BCUT2D eigenvalue weighted by Gasteiger charge is -2.11. The number of carbonyl (C=O) groups is 2. The van der Waals surface area contributed by atoms with Crippen LogP contribution in [-0.2, 0) is 16.0 Å². The number of nitrogens with one attached hydrogen (secondary N) is 1. The van der Waals surface area contributed by atoms with E-state index in [1.54, 1.807) is 6.92 Å². The second-order valence-electron chi connectivity index (χ2n) is 4.29. The summed E-state index contributed by atoms with van der Waals surface area (Å²) in [6, 6.07) is 4.22. The molecule has 1 aromatic rings. The summed E-state index contributed by atoms with van der Waals surface area (Å²) in [4.78, 5) is 23.0. The van der Waals surface area contributed by atoms with Crippen LogP contribution in [0.2, 0.25) is 0 Å². The number of esters is 1. The van der Waals surface area contributed by atoms with Gasteiger partial charge in [0.2, 0.25) is 0 Å². The van der Waals surface area contributed by atoms with E-state index in [9.17, 15) is 14.0 Å². The lowest BCUT2D eigenvalue weighted by molar-refractivity contribution is -0.144. The molecule has 0 aliphatic heterocycles. The van der Waals surface area contributed by atoms with Gasteiger partial charge in [0.05, 0.1) is 13.0 Å². The maximum atomic E-state index is 13.3. The number of aryl methyl sites for hydroxylation is 1. The van der Waals surface area contributed by atoms with Crippen LogP contribution in [0.15, 0.2) is 18.2 Å². The second kappa shape index (κ2) is 6.87. The monoisotopic (exact) mass is 267 g/mol. The van der Waals surface area contributed by atoms with Crippen molar-refractivity contribution in [3.8, 4) is 0 Å². The number of benzene rings is 1. The first-order valence-electron chi connectivity index (χ1n) is 6.14. The Bertz CT molecular complexity index is 474. The second-order valence-corrected chi connectivity index (χ2v) is 4.29. The fourth-order valence-corrected chi connectivity index (χ4v) is 1.62. The first-order chi connectivity index (χ1) is 8.99. The van der Waals surface area contributed by atoms with Gasteiger partial charge in [-0.15, -0.1) is 0 Å². The molecule has 0 unspecified atom stereocenters. The van der Waals surface area contributed by atoms with Crippen molar-refractivity contribution in [2.24, 2.45) is 5.92 Å². The molecular formula is C14H18FNO3. The van der Waals surface area contributed by atoms with Gasteiger partial charge in [-0.1, -0.05) is 13.8 Å². The molecule has 0 aliphatic carbocycles. The Morgan fingerprint density at radius 1 is 1.42 bits per heavy atom. The third kappa shape index (κ3) is 4.05. The molecule has 1 aromatic carbocycles. The van der Waals surface area contributed by atoms with E-state index in [0.717, 1.165) is 0 Å². The molecule has 0 fully saturated rings. The van der Waals surface area contributed by atoms with Crippen LogP contribution in [0.3, 0.4) is 0 Å².